The first kappa shape index (κ1) is 16.8. The molecule has 0 radical (unpaired) electrons. The molecule has 2 heterocycles. The second-order valence-corrected chi connectivity index (χ2v) is 6.37. The van der Waals surface area contributed by atoms with E-state index in [9.17, 15) is 10.1 Å². The maximum atomic E-state index is 10.9. The molecule has 0 unspecified atom stereocenters. The third-order valence-corrected chi connectivity index (χ3v) is 4.52. The summed E-state index contributed by atoms with van der Waals surface area (Å²) in [5, 5.41) is 25.9. The predicted molar refractivity (Wildman–Crippen MR) is 109 cm³/mol. The van der Waals surface area contributed by atoms with Crippen LogP contribution in [-0.2, 0) is 0 Å². The highest BCUT2D eigenvalue weighted by Crippen LogP contribution is 2.28. The fourth-order valence-corrected chi connectivity index (χ4v) is 3.09. The van der Waals surface area contributed by atoms with Gasteiger partial charge in [0.05, 0.1) is 10.4 Å². The van der Waals surface area contributed by atoms with Gasteiger partial charge in [-0.15, -0.1) is 0 Å². The van der Waals surface area contributed by atoms with Crippen LogP contribution in [0.5, 0.6) is 0 Å². The van der Waals surface area contributed by atoms with E-state index in [0.717, 1.165) is 27.6 Å². The molecule has 0 amide bonds. The van der Waals surface area contributed by atoms with Crippen LogP contribution in [0.1, 0.15) is 0 Å². The van der Waals surface area contributed by atoms with Gasteiger partial charge in [0.1, 0.15) is 16.9 Å². The molecule has 0 fully saturated rings. The lowest BCUT2D eigenvalue weighted by Gasteiger charge is -2.11. The number of benzene rings is 3. The van der Waals surface area contributed by atoms with Crippen molar-refractivity contribution in [1.29, 1.82) is 0 Å². The summed E-state index contributed by atoms with van der Waals surface area (Å²) in [5.74, 6) is 1.11. The Kier molecular flexibility index (Phi) is 3.84. The molecule has 0 spiro atoms. The standard InChI is InChI=1S/C20H13N7O2/c28-27(29)14-8-5-12(6-9-14)19-22-16-4-2-1-3-15(16)20(23-19)21-13-7-10-17-18(11-13)25-26-24-17/h1-11H,(H,21,22,23)(H,24,25,26). The van der Waals surface area contributed by atoms with Crippen molar-refractivity contribution >= 4 is 39.1 Å². The zero-order valence-electron chi connectivity index (χ0n) is 14.9. The number of anilines is 2. The van der Waals surface area contributed by atoms with Crippen molar-refractivity contribution in [3.63, 3.8) is 0 Å². The molecule has 0 aliphatic heterocycles. The number of rotatable bonds is 4. The molecule has 140 valence electrons. The van der Waals surface area contributed by atoms with Gasteiger partial charge in [0.25, 0.3) is 5.69 Å². The Morgan fingerprint density at radius 1 is 0.862 bits per heavy atom. The number of nitro benzene ring substituents is 1. The number of hydrogen-bond donors (Lipinski definition) is 2. The summed E-state index contributed by atoms with van der Waals surface area (Å²) >= 11 is 0. The Labute approximate surface area is 163 Å². The van der Waals surface area contributed by atoms with Gasteiger partial charge in [-0.3, -0.25) is 10.1 Å². The lowest BCUT2D eigenvalue weighted by molar-refractivity contribution is -0.384. The number of nitrogens with one attached hydrogen (secondary N) is 2. The van der Waals surface area contributed by atoms with Crippen molar-refractivity contribution in [2.45, 2.75) is 0 Å². The van der Waals surface area contributed by atoms with Gasteiger partial charge in [-0.05, 0) is 42.5 Å². The summed E-state index contributed by atoms with van der Waals surface area (Å²) < 4.78 is 0. The highest BCUT2D eigenvalue weighted by atomic mass is 16.6. The van der Waals surface area contributed by atoms with Crippen molar-refractivity contribution in [2.75, 3.05) is 5.32 Å². The van der Waals surface area contributed by atoms with Crippen LogP contribution in [0.25, 0.3) is 33.3 Å². The topological polar surface area (TPSA) is 123 Å². The molecule has 29 heavy (non-hydrogen) atoms. The average Bonchev–Trinajstić information content (AvgIpc) is 3.21. The van der Waals surface area contributed by atoms with Gasteiger partial charge in [0.2, 0.25) is 0 Å². The monoisotopic (exact) mass is 383 g/mol. The zero-order chi connectivity index (χ0) is 19.8. The van der Waals surface area contributed by atoms with Crippen LogP contribution < -0.4 is 5.32 Å². The maximum Gasteiger partial charge on any atom is 0.269 e. The molecule has 9 nitrogen and oxygen atoms in total. The Morgan fingerprint density at radius 3 is 2.48 bits per heavy atom. The van der Waals surface area contributed by atoms with Gasteiger partial charge in [-0.25, -0.2) is 9.97 Å². The van der Waals surface area contributed by atoms with Crippen LogP contribution in [0.3, 0.4) is 0 Å². The second kappa shape index (κ2) is 6.64. The van der Waals surface area contributed by atoms with Crippen LogP contribution in [0.2, 0.25) is 0 Å². The minimum absolute atomic E-state index is 0.0220. The molecule has 0 aliphatic rings. The van der Waals surface area contributed by atoms with Gasteiger partial charge in [0, 0.05) is 28.8 Å². The third kappa shape index (κ3) is 3.10. The Hall–Kier alpha value is -4.40. The molecule has 2 aromatic heterocycles. The number of nitrogens with zero attached hydrogens (tertiary/aromatic N) is 5. The molecule has 5 rings (SSSR count). The molecule has 5 aromatic rings. The Balaban J connectivity index is 1.60. The number of hydrogen-bond acceptors (Lipinski definition) is 7. The van der Waals surface area contributed by atoms with Crippen LogP contribution >= 0.6 is 0 Å². The van der Waals surface area contributed by atoms with E-state index >= 15 is 0 Å². The number of non-ortho nitro benzene ring substituents is 1. The molecule has 0 aliphatic carbocycles. The highest BCUT2D eigenvalue weighted by Gasteiger charge is 2.12. The summed E-state index contributed by atoms with van der Waals surface area (Å²) in [6, 6.07) is 19.5. The SMILES string of the molecule is O=[N+]([O-])c1ccc(-c2nc(Nc3ccc4n[nH]nc4c3)c3ccccc3n2)cc1. The van der Waals surface area contributed by atoms with Crippen molar-refractivity contribution in [3.05, 3.63) is 76.8 Å². The summed E-state index contributed by atoms with van der Waals surface area (Å²) in [4.78, 5) is 19.8. The van der Waals surface area contributed by atoms with Crippen LogP contribution in [0, 0.1) is 10.1 Å². The predicted octanol–water partition coefficient (Wildman–Crippen LogP) is 4.22. The summed E-state index contributed by atoms with van der Waals surface area (Å²) in [6.07, 6.45) is 0. The zero-order valence-corrected chi connectivity index (χ0v) is 14.9. The van der Waals surface area contributed by atoms with E-state index in [1.165, 1.54) is 12.1 Å². The first-order chi connectivity index (χ1) is 14.2. The van der Waals surface area contributed by atoms with Crippen LogP contribution in [-0.4, -0.2) is 30.3 Å². The highest BCUT2D eigenvalue weighted by molar-refractivity contribution is 5.93. The minimum Gasteiger partial charge on any atom is -0.340 e. The van der Waals surface area contributed by atoms with Crippen molar-refractivity contribution < 1.29 is 4.92 Å². The van der Waals surface area contributed by atoms with Gasteiger partial charge < -0.3 is 5.32 Å². The molecular weight excluding hydrogens is 370 g/mol. The lowest BCUT2D eigenvalue weighted by atomic mass is 10.1. The number of H-pyrrole nitrogens is 1. The smallest absolute Gasteiger partial charge is 0.269 e. The summed E-state index contributed by atoms with van der Waals surface area (Å²) in [6.45, 7) is 0. The van der Waals surface area contributed by atoms with Crippen molar-refractivity contribution in [1.82, 2.24) is 25.4 Å². The number of nitro groups is 1. The fraction of sp³-hybridized carbons (Fsp3) is 0. The Bertz CT molecular complexity index is 1360. The molecule has 0 saturated carbocycles. The second-order valence-electron chi connectivity index (χ2n) is 6.37. The average molecular weight is 383 g/mol. The molecule has 9 heteroatoms. The van der Waals surface area contributed by atoms with Gasteiger partial charge >= 0.3 is 0 Å². The molecule has 2 N–H and O–H groups in total. The minimum atomic E-state index is -0.432. The van der Waals surface area contributed by atoms with E-state index < -0.39 is 4.92 Å². The molecule has 3 aromatic carbocycles. The van der Waals surface area contributed by atoms with Crippen LogP contribution in [0.15, 0.2) is 66.7 Å². The molecule has 0 bridgehead atoms. The van der Waals surface area contributed by atoms with E-state index in [0.29, 0.717) is 17.2 Å². The number of fused-ring (bicyclic) bond motifs is 2. The van der Waals surface area contributed by atoms with Gasteiger partial charge in [-0.2, -0.15) is 15.4 Å². The largest absolute Gasteiger partial charge is 0.340 e. The quantitative estimate of drug-likeness (QED) is 0.352. The van der Waals surface area contributed by atoms with Crippen molar-refractivity contribution in [3.8, 4) is 11.4 Å². The summed E-state index contributed by atoms with van der Waals surface area (Å²) in [5.41, 5.74) is 3.80. The van der Waals surface area contributed by atoms with E-state index in [-0.39, 0.29) is 5.69 Å². The van der Waals surface area contributed by atoms with Gasteiger partial charge in [-0.1, -0.05) is 12.1 Å². The Morgan fingerprint density at radius 2 is 1.66 bits per heavy atom. The molecule has 0 atom stereocenters. The van der Waals surface area contributed by atoms with E-state index in [4.69, 9.17) is 0 Å². The summed E-state index contributed by atoms with van der Waals surface area (Å²) in [7, 11) is 0. The van der Waals surface area contributed by atoms with E-state index in [2.05, 4.69) is 30.7 Å². The normalized spacial score (nSPS) is 11.0. The number of para-hydroxylation sites is 1. The first-order valence-corrected chi connectivity index (χ1v) is 8.76. The number of aromatic nitrogens is 5. The number of aromatic amines is 1. The van der Waals surface area contributed by atoms with E-state index in [1.54, 1.807) is 12.1 Å². The maximum absolute atomic E-state index is 10.9. The lowest BCUT2D eigenvalue weighted by Crippen LogP contribution is -1.99. The van der Waals surface area contributed by atoms with Crippen molar-refractivity contribution in [2.24, 2.45) is 0 Å². The fourth-order valence-electron chi connectivity index (χ4n) is 3.09. The third-order valence-electron chi connectivity index (χ3n) is 4.52. The van der Waals surface area contributed by atoms with Gasteiger partial charge in [0.15, 0.2) is 5.82 Å². The molecular formula is C20H13N7O2. The van der Waals surface area contributed by atoms with E-state index in [1.807, 2.05) is 42.5 Å². The molecule has 0 saturated heterocycles. The first-order valence-electron chi connectivity index (χ1n) is 8.76. The van der Waals surface area contributed by atoms with Crippen LogP contribution in [0.4, 0.5) is 17.2 Å².